The molecule has 1 heterocycles. The zero-order chi connectivity index (χ0) is 18.4. The molecule has 1 aliphatic carbocycles. The molecular weight excluding hydrogens is 352 g/mol. The summed E-state index contributed by atoms with van der Waals surface area (Å²) in [6.45, 7) is 0. The van der Waals surface area contributed by atoms with Crippen LogP contribution >= 0.6 is 11.6 Å². The maximum Gasteiger partial charge on any atom is 0.248 e. The standard InChI is InChI=1S/C20H15ClN2O3/c21-14-9-12(20(22)26)5-7-16(14)23-15-6-4-11(10-24)8-13(15)19-17(23)2-1-3-18(19)25/h4-10H,1-3H2,(H2,22,26). The second kappa shape index (κ2) is 6.11. The number of aromatic nitrogens is 1. The fourth-order valence-electron chi connectivity index (χ4n) is 3.64. The Balaban J connectivity index is 2.06. The van der Waals surface area contributed by atoms with E-state index in [1.807, 2.05) is 10.6 Å². The second-order valence-electron chi connectivity index (χ2n) is 6.36. The van der Waals surface area contributed by atoms with Gasteiger partial charge in [-0.15, -0.1) is 0 Å². The van der Waals surface area contributed by atoms with E-state index in [0.717, 1.165) is 35.7 Å². The third-order valence-electron chi connectivity index (χ3n) is 4.79. The lowest BCUT2D eigenvalue weighted by Crippen LogP contribution is -2.13. The quantitative estimate of drug-likeness (QED) is 0.717. The van der Waals surface area contributed by atoms with E-state index in [1.165, 1.54) is 6.07 Å². The third kappa shape index (κ3) is 2.44. The van der Waals surface area contributed by atoms with Crippen LogP contribution in [0.3, 0.4) is 0 Å². The van der Waals surface area contributed by atoms with Crippen LogP contribution in [0.25, 0.3) is 16.6 Å². The second-order valence-corrected chi connectivity index (χ2v) is 6.77. The Kier molecular flexibility index (Phi) is 3.89. The molecular formula is C20H15ClN2O3. The Morgan fingerprint density at radius 2 is 1.96 bits per heavy atom. The number of ketones is 1. The first-order chi connectivity index (χ1) is 12.5. The lowest BCUT2D eigenvalue weighted by Gasteiger charge is -2.16. The van der Waals surface area contributed by atoms with Crippen LogP contribution in [0.15, 0.2) is 36.4 Å². The summed E-state index contributed by atoms with van der Waals surface area (Å²) in [5.41, 5.74) is 9.19. The van der Waals surface area contributed by atoms with Gasteiger partial charge in [-0.1, -0.05) is 11.6 Å². The predicted octanol–water partition coefficient (Wildman–Crippen LogP) is 3.71. The molecule has 2 N–H and O–H groups in total. The van der Waals surface area contributed by atoms with E-state index in [9.17, 15) is 14.4 Å². The van der Waals surface area contributed by atoms with Gasteiger partial charge >= 0.3 is 0 Å². The topological polar surface area (TPSA) is 82.2 Å². The van der Waals surface area contributed by atoms with E-state index in [-0.39, 0.29) is 5.78 Å². The molecule has 0 saturated carbocycles. The predicted molar refractivity (Wildman–Crippen MR) is 99.5 cm³/mol. The van der Waals surface area contributed by atoms with E-state index in [2.05, 4.69) is 0 Å². The fourth-order valence-corrected chi connectivity index (χ4v) is 3.91. The molecule has 1 amide bonds. The first-order valence-electron chi connectivity index (χ1n) is 8.26. The van der Waals surface area contributed by atoms with Gasteiger partial charge in [0.25, 0.3) is 0 Å². The maximum atomic E-state index is 12.6. The summed E-state index contributed by atoms with van der Waals surface area (Å²) in [4.78, 5) is 35.1. The minimum Gasteiger partial charge on any atom is -0.366 e. The monoisotopic (exact) mass is 366 g/mol. The smallest absolute Gasteiger partial charge is 0.248 e. The van der Waals surface area contributed by atoms with Crippen molar-refractivity contribution in [2.24, 2.45) is 5.73 Å². The van der Waals surface area contributed by atoms with Crippen molar-refractivity contribution in [3.63, 3.8) is 0 Å². The first kappa shape index (κ1) is 16.5. The van der Waals surface area contributed by atoms with Crippen LogP contribution in [0.1, 0.15) is 49.6 Å². The van der Waals surface area contributed by atoms with E-state index >= 15 is 0 Å². The van der Waals surface area contributed by atoms with E-state index in [0.29, 0.717) is 33.8 Å². The average Bonchev–Trinajstić information content (AvgIpc) is 2.96. The zero-order valence-corrected chi connectivity index (χ0v) is 14.5. The summed E-state index contributed by atoms with van der Waals surface area (Å²) in [5, 5.41) is 1.13. The molecule has 1 aliphatic rings. The molecule has 2 aromatic carbocycles. The molecule has 4 rings (SSSR count). The summed E-state index contributed by atoms with van der Waals surface area (Å²) in [7, 11) is 0. The Morgan fingerprint density at radius 1 is 1.15 bits per heavy atom. The number of fused-ring (bicyclic) bond motifs is 3. The zero-order valence-electron chi connectivity index (χ0n) is 13.8. The van der Waals surface area contributed by atoms with Gasteiger partial charge in [0.15, 0.2) is 5.78 Å². The first-order valence-corrected chi connectivity index (χ1v) is 8.64. The number of amides is 1. The molecule has 0 bridgehead atoms. The normalized spacial score (nSPS) is 13.7. The number of aldehydes is 1. The molecule has 0 aliphatic heterocycles. The van der Waals surface area contributed by atoms with E-state index < -0.39 is 5.91 Å². The van der Waals surface area contributed by atoms with Crippen molar-refractivity contribution in [1.82, 2.24) is 4.57 Å². The van der Waals surface area contributed by atoms with Crippen molar-refractivity contribution in [3.05, 3.63) is 63.8 Å². The lowest BCUT2D eigenvalue weighted by atomic mass is 9.94. The van der Waals surface area contributed by atoms with Gasteiger partial charge in [0.05, 0.1) is 16.2 Å². The Morgan fingerprint density at radius 3 is 2.65 bits per heavy atom. The highest BCUT2D eigenvalue weighted by Gasteiger charge is 2.27. The SMILES string of the molecule is NC(=O)c1ccc(-n2c3c(c4cc(C=O)ccc42)C(=O)CCC3)c(Cl)c1. The van der Waals surface area contributed by atoms with Crippen LogP contribution in [-0.2, 0) is 6.42 Å². The van der Waals surface area contributed by atoms with Gasteiger partial charge in [-0.05, 0) is 49.2 Å². The van der Waals surface area contributed by atoms with Gasteiger partial charge in [-0.25, -0.2) is 0 Å². The van der Waals surface area contributed by atoms with E-state index in [1.54, 1.807) is 24.3 Å². The Labute approximate surface area is 154 Å². The van der Waals surface area contributed by atoms with Crippen LogP contribution in [0.4, 0.5) is 0 Å². The van der Waals surface area contributed by atoms with Crippen molar-refractivity contribution < 1.29 is 14.4 Å². The van der Waals surface area contributed by atoms with Gasteiger partial charge in [-0.3, -0.25) is 14.4 Å². The maximum absolute atomic E-state index is 12.6. The molecule has 0 radical (unpaired) electrons. The summed E-state index contributed by atoms with van der Waals surface area (Å²) < 4.78 is 1.95. The van der Waals surface area contributed by atoms with Crippen LogP contribution in [0.5, 0.6) is 0 Å². The number of nitrogens with zero attached hydrogens (tertiary/aromatic N) is 1. The number of halogens is 1. The van der Waals surface area contributed by atoms with Crippen molar-refractivity contribution in [2.75, 3.05) is 0 Å². The summed E-state index contributed by atoms with van der Waals surface area (Å²) in [6.07, 6.45) is 2.76. The van der Waals surface area contributed by atoms with Crippen LogP contribution < -0.4 is 5.73 Å². The molecule has 0 atom stereocenters. The van der Waals surface area contributed by atoms with Crippen LogP contribution in [0.2, 0.25) is 5.02 Å². The largest absolute Gasteiger partial charge is 0.366 e. The highest BCUT2D eigenvalue weighted by molar-refractivity contribution is 6.33. The highest BCUT2D eigenvalue weighted by atomic mass is 35.5. The number of nitrogens with two attached hydrogens (primary N) is 1. The molecule has 26 heavy (non-hydrogen) atoms. The summed E-state index contributed by atoms with van der Waals surface area (Å²) in [6, 6.07) is 10.2. The fraction of sp³-hybridized carbons (Fsp3) is 0.150. The molecule has 0 saturated heterocycles. The minimum atomic E-state index is -0.552. The molecule has 1 aromatic heterocycles. The van der Waals surface area contributed by atoms with Gasteiger partial charge in [0, 0.05) is 34.2 Å². The Bertz CT molecular complexity index is 1100. The van der Waals surface area contributed by atoms with Crippen molar-refractivity contribution >= 4 is 40.5 Å². The molecule has 3 aromatic rings. The third-order valence-corrected chi connectivity index (χ3v) is 5.10. The minimum absolute atomic E-state index is 0.0722. The number of primary amides is 1. The summed E-state index contributed by atoms with van der Waals surface area (Å²) >= 11 is 6.43. The van der Waals surface area contributed by atoms with Gasteiger partial charge in [0.2, 0.25) is 5.91 Å². The number of carbonyl (C=O) groups excluding carboxylic acids is 3. The number of benzene rings is 2. The van der Waals surface area contributed by atoms with Gasteiger partial charge < -0.3 is 10.3 Å². The van der Waals surface area contributed by atoms with Gasteiger partial charge in [-0.2, -0.15) is 0 Å². The van der Waals surface area contributed by atoms with Crippen LogP contribution in [-0.4, -0.2) is 22.5 Å². The molecule has 0 unspecified atom stereocenters. The average molecular weight is 367 g/mol. The molecule has 0 fully saturated rings. The van der Waals surface area contributed by atoms with Crippen molar-refractivity contribution in [2.45, 2.75) is 19.3 Å². The number of hydrogen-bond acceptors (Lipinski definition) is 3. The van der Waals surface area contributed by atoms with Crippen LogP contribution in [0, 0.1) is 0 Å². The van der Waals surface area contributed by atoms with Crippen molar-refractivity contribution in [1.29, 1.82) is 0 Å². The number of hydrogen-bond donors (Lipinski definition) is 1. The van der Waals surface area contributed by atoms with Crippen molar-refractivity contribution in [3.8, 4) is 5.69 Å². The number of Topliss-reactive ketones (excluding diaryl/α,β-unsaturated/α-hetero) is 1. The van der Waals surface area contributed by atoms with Gasteiger partial charge in [0.1, 0.15) is 6.29 Å². The molecule has 130 valence electrons. The number of carbonyl (C=O) groups is 3. The Hall–Kier alpha value is -2.92. The van der Waals surface area contributed by atoms with E-state index in [4.69, 9.17) is 17.3 Å². The highest BCUT2D eigenvalue weighted by Crippen LogP contribution is 2.37. The molecule has 0 spiro atoms. The lowest BCUT2D eigenvalue weighted by molar-refractivity contribution is 0.0971. The molecule has 6 heteroatoms. The number of rotatable bonds is 3. The summed E-state index contributed by atoms with van der Waals surface area (Å²) in [5.74, 6) is -0.480. The molecule has 5 nitrogen and oxygen atoms in total.